The van der Waals surface area contributed by atoms with Gasteiger partial charge in [-0.2, -0.15) is 0 Å². The summed E-state index contributed by atoms with van der Waals surface area (Å²) in [5.74, 6) is 2.57. The number of hydrogen-bond acceptors (Lipinski definition) is 3. The summed E-state index contributed by atoms with van der Waals surface area (Å²) in [5.41, 5.74) is 0.881. The maximum atomic E-state index is 12.4. The molecule has 1 saturated heterocycles. The van der Waals surface area contributed by atoms with E-state index in [1.54, 1.807) is 12.1 Å². The Balaban J connectivity index is 2.11. The number of nitrogens with zero attached hydrogens (tertiary/aromatic N) is 1. The molecule has 0 atom stereocenters. The molecule has 0 aromatic heterocycles. The second-order valence-corrected chi connectivity index (χ2v) is 5.38. The Bertz CT molecular complexity index is 938. The number of imide groups is 1. The van der Waals surface area contributed by atoms with Gasteiger partial charge in [-0.1, -0.05) is 42.3 Å². The maximum Gasteiger partial charge on any atom is 0.329 e. The molecule has 0 unspecified atom stereocenters. The first-order chi connectivity index (χ1) is 12.2. The molecular formula is C20H16N2O3. The predicted molar refractivity (Wildman–Crippen MR) is 96.7 cm³/mol. The van der Waals surface area contributed by atoms with Gasteiger partial charge in [0.15, 0.2) is 0 Å². The average molecular weight is 332 g/mol. The van der Waals surface area contributed by atoms with E-state index in [2.05, 4.69) is 17.8 Å². The van der Waals surface area contributed by atoms with Crippen LogP contribution < -0.4 is 10.1 Å². The van der Waals surface area contributed by atoms with Gasteiger partial charge in [-0.25, -0.2) is 4.79 Å². The van der Waals surface area contributed by atoms with Gasteiger partial charge >= 0.3 is 6.03 Å². The maximum absolute atomic E-state index is 12.4. The number of rotatable bonds is 5. The topological polar surface area (TPSA) is 58.6 Å². The monoisotopic (exact) mass is 332 g/mol. The summed E-state index contributed by atoms with van der Waals surface area (Å²) in [7, 11) is 0. The second kappa shape index (κ2) is 6.93. The minimum Gasteiger partial charge on any atom is -0.480 e. The lowest BCUT2D eigenvalue weighted by atomic mass is 10.0. The molecule has 1 aliphatic heterocycles. The molecule has 2 aromatic carbocycles. The molecule has 25 heavy (non-hydrogen) atoms. The van der Waals surface area contributed by atoms with E-state index in [4.69, 9.17) is 11.2 Å². The smallest absolute Gasteiger partial charge is 0.329 e. The molecule has 0 saturated carbocycles. The highest BCUT2D eigenvalue weighted by Gasteiger charge is 2.32. The summed E-state index contributed by atoms with van der Waals surface area (Å²) in [5, 5.41) is 4.48. The molecule has 0 spiro atoms. The highest BCUT2D eigenvalue weighted by Crippen LogP contribution is 2.31. The fraction of sp³-hybridized carbons (Fsp3) is 0.100. The van der Waals surface area contributed by atoms with E-state index < -0.39 is 11.9 Å². The molecule has 1 fully saturated rings. The van der Waals surface area contributed by atoms with Gasteiger partial charge in [0.25, 0.3) is 5.91 Å². The lowest BCUT2D eigenvalue weighted by molar-refractivity contribution is -0.122. The van der Waals surface area contributed by atoms with Crippen molar-refractivity contribution >= 4 is 28.8 Å². The number of amides is 3. The average Bonchev–Trinajstić information content (AvgIpc) is 2.89. The standard InChI is InChI=1S/C20H16N2O3/c1-3-11-22-19(23)17(21-20(22)24)13-16-15-8-6-5-7-14(15)9-10-18(16)25-12-4-2/h2-3,5-10,13H,1,11-12H2,(H,21,24)/b17-13+. The van der Waals surface area contributed by atoms with Gasteiger partial charge in [0, 0.05) is 12.1 Å². The van der Waals surface area contributed by atoms with Crippen molar-refractivity contribution in [2.75, 3.05) is 13.2 Å². The molecule has 0 radical (unpaired) electrons. The Labute approximate surface area is 145 Å². The molecule has 3 rings (SSSR count). The Hall–Kier alpha value is -3.52. The summed E-state index contributed by atoms with van der Waals surface area (Å²) in [6.45, 7) is 3.82. The van der Waals surface area contributed by atoms with Crippen LogP contribution in [0.1, 0.15) is 5.56 Å². The fourth-order valence-electron chi connectivity index (χ4n) is 2.68. The van der Waals surface area contributed by atoms with Crippen molar-refractivity contribution < 1.29 is 14.3 Å². The molecule has 0 aliphatic carbocycles. The van der Waals surface area contributed by atoms with Crippen LogP contribution in [0.4, 0.5) is 4.79 Å². The van der Waals surface area contributed by atoms with E-state index in [-0.39, 0.29) is 18.8 Å². The van der Waals surface area contributed by atoms with E-state index in [0.717, 1.165) is 15.7 Å². The minimum atomic E-state index is -0.470. The van der Waals surface area contributed by atoms with Gasteiger partial charge in [0.2, 0.25) is 0 Å². The summed E-state index contributed by atoms with van der Waals surface area (Å²) in [6, 6.07) is 11.0. The first-order valence-corrected chi connectivity index (χ1v) is 7.69. The first-order valence-electron chi connectivity index (χ1n) is 7.69. The van der Waals surface area contributed by atoms with Gasteiger partial charge < -0.3 is 10.1 Å². The Morgan fingerprint density at radius 3 is 2.80 bits per heavy atom. The number of fused-ring (bicyclic) bond motifs is 1. The zero-order chi connectivity index (χ0) is 17.8. The first kappa shape index (κ1) is 16.3. The molecule has 5 nitrogen and oxygen atoms in total. The van der Waals surface area contributed by atoms with Crippen LogP contribution in [-0.2, 0) is 4.79 Å². The van der Waals surface area contributed by atoms with Crippen molar-refractivity contribution in [2.24, 2.45) is 0 Å². The summed E-state index contributed by atoms with van der Waals surface area (Å²) < 4.78 is 5.61. The highest BCUT2D eigenvalue weighted by molar-refractivity contribution is 6.15. The van der Waals surface area contributed by atoms with Crippen LogP contribution in [0.25, 0.3) is 16.8 Å². The van der Waals surface area contributed by atoms with Crippen molar-refractivity contribution in [1.29, 1.82) is 0 Å². The highest BCUT2D eigenvalue weighted by atomic mass is 16.5. The molecule has 0 bridgehead atoms. The number of carbonyl (C=O) groups is 2. The molecule has 3 amide bonds. The van der Waals surface area contributed by atoms with Gasteiger partial charge in [-0.05, 0) is 22.9 Å². The van der Waals surface area contributed by atoms with Crippen molar-refractivity contribution in [3.63, 3.8) is 0 Å². The van der Waals surface area contributed by atoms with Gasteiger partial charge in [-0.3, -0.25) is 9.69 Å². The molecule has 1 heterocycles. The lowest BCUT2D eigenvalue weighted by Gasteiger charge is -2.11. The fourth-order valence-corrected chi connectivity index (χ4v) is 2.68. The van der Waals surface area contributed by atoms with Crippen molar-refractivity contribution in [2.45, 2.75) is 0 Å². The molecule has 2 aromatic rings. The number of carbonyl (C=O) groups excluding carboxylic acids is 2. The SMILES string of the molecule is C#CCOc1ccc2ccccc2c1/C=C1/NC(=O)N(CC=C)C1=O. The molecular weight excluding hydrogens is 316 g/mol. The van der Waals surface area contributed by atoms with Crippen LogP contribution in [0, 0.1) is 12.3 Å². The van der Waals surface area contributed by atoms with E-state index >= 15 is 0 Å². The normalized spacial score (nSPS) is 15.3. The number of hydrogen-bond donors (Lipinski definition) is 1. The molecule has 5 heteroatoms. The largest absolute Gasteiger partial charge is 0.480 e. The summed E-state index contributed by atoms with van der Waals surface area (Å²) in [4.78, 5) is 25.5. The van der Waals surface area contributed by atoms with Crippen LogP contribution >= 0.6 is 0 Å². The van der Waals surface area contributed by atoms with Crippen LogP contribution in [0.2, 0.25) is 0 Å². The third-order valence-corrected chi connectivity index (χ3v) is 3.80. The summed E-state index contributed by atoms with van der Waals surface area (Å²) in [6.07, 6.45) is 8.40. The quantitative estimate of drug-likeness (QED) is 0.396. The molecule has 124 valence electrons. The lowest BCUT2D eigenvalue weighted by Crippen LogP contribution is -2.30. The minimum absolute atomic E-state index is 0.109. The third kappa shape index (κ3) is 3.10. The van der Waals surface area contributed by atoms with Gasteiger partial charge in [0.05, 0.1) is 0 Å². The van der Waals surface area contributed by atoms with Crippen molar-refractivity contribution in [3.8, 4) is 18.1 Å². The van der Waals surface area contributed by atoms with Crippen LogP contribution in [0.3, 0.4) is 0 Å². The number of nitrogens with one attached hydrogen (secondary N) is 1. The third-order valence-electron chi connectivity index (χ3n) is 3.80. The molecule has 1 aliphatic rings. The zero-order valence-electron chi connectivity index (χ0n) is 13.5. The predicted octanol–water partition coefficient (Wildman–Crippen LogP) is 2.93. The summed E-state index contributed by atoms with van der Waals surface area (Å²) >= 11 is 0. The van der Waals surface area contributed by atoms with E-state index in [1.165, 1.54) is 6.08 Å². The van der Waals surface area contributed by atoms with E-state index in [0.29, 0.717) is 11.3 Å². The second-order valence-electron chi connectivity index (χ2n) is 5.38. The van der Waals surface area contributed by atoms with E-state index in [1.807, 2.05) is 30.3 Å². The van der Waals surface area contributed by atoms with Crippen LogP contribution in [0.15, 0.2) is 54.8 Å². The number of urea groups is 1. The Morgan fingerprint density at radius 2 is 2.04 bits per heavy atom. The van der Waals surface area contributed by atoms with E-state index in [9.17, 15) is 9.59 Å². The number of terminal acetylenes is 1. The van der Waals surface area contributed by atoms with Gasteiger partial charge in [-0.15, -0.1) is 13.0 Å². The zero-order valence-corrected chi connectivity index (χ0v) is 13.5. The Morgan fingerprint density at radius 1 is 1.24 bits per heavy atom. The van der Waals surface area contributed by atoms with Gasteiger partial charge in [0.1, 0.15) is 18.1 Å². The van der Waals surface area contributed by atoms with Crippen LogP contribution in [0.5, 0.6) is 5.75 Å². The number of benzene rings is 2. The Kier molecular flexibility index (Phi) is 4.53. The van der Waals surface area contributed by atoms with Crippen molar-refractivity contribution in [3.05, 3.63) is 60.3 Å². The van der Waals surface area contributed by atoms with Crippen molar-refractivity contribution in [1.82, 2.24) is 10.2 Å². The van der Waals surface area contributed by atoms with Crippen LogP contribution in [-0.4, -0.2) is 30.0 Å². The molecule has 1 N–H and O–H groups in total. The number of ether oxygens (including phenoxy) is 1.